The van der Waals surface area contributed by atoms with E-state index in [1.807, 2.05) is 0 Å². The molecule has 0 aliphatic carbocycles. The minimum Gasteiger partial charge on any atom is -0.477 e. The summed E-state index contributed by atoms with van der Waals surface area (Å²) < 4.78 is 0.866. The standard InChI is InChI=1S/C9H5ClO2S2/c10-5-3-7-4(1-6(5)13)2-8(14-7)9(11)12/h1-3,13H,(H,11,12). The van der Waals surface area contributed by atoms with Crippen LogP contribution in [0.1, 0.15) is 9.67 Å². The molecule has 0 unspecified atom stereocenters. The second-order valence-corrected chi connectivity index (χ2v) is 4.73. The number of carbonyl (C=O) groups is 1. The van der Waals surface area contributed by atoms with Gasteiger partial charge in [-0.05, 0) is 23.6 Å². The summed E-state index contributed by atoms with van der Waals surface area (Å²) in [7, 11) is 0. The highest BCUT2D eigenvalue weighted by molar-refractivity contribution is 7.80. The van der Waals surface area contributed by atoms with Crippen molar-refractivity contribution in [1.29, 1.82) is 0 Å². The monoisotopic (exact) mass is 244 g/mol. The minimum atomic E-state index is -0.914. The van der Waals surface area contributed by atoms with Crippen LogP contribution in [0, 0.1) is 0 Å². The van der Waals surface area contributed by atoms with E-state index in [-0.39, 0.29) is 0 Å². The Kier molecular flexibility index (Phi) is 2.43. The lowest BCUT2D eigenvalue weighted by Crippen LogP contribution is -1.89. The predicted octanol–water partition coefficient (Wildman–Crippen LogP) is 3.54. The predicted molar refractivity (Wildman–Crippen MR) is 61.0 cm³/mol. The molecule has 0 fully saturated rings. The lowest BCUT2D eigenvalue weighted by Gasteiger charge is -1.95. The van der Waals surface area contributed by atoms with Gasteiger partial charge in [0.15, 0.2) is 0 Å². The summed E-state index contributed by atoms with van der Waals surface area (Å²) in [5.74, 6) is -0.914. The van der Waals surface area contributed by atoms with Crippen molar-refractivity contribution >= 4 is 51.6 Å². The van der Waals surface area contributed by atoms with Crippen molar-refractivity contribution < 1.29 is 9.90 Å². The quantitative estimate of drug-likeness (QED) is 0.753. The minimum absolute atomic E-state index is 0.315. The van der Waals surface area contributed by atoms with Crippen LogP contribution >= 0.6 is 35.6 Å². The van der Waals surface area contributed by atoms with Gasteiger partial charge < -0.3 is 5.11 Å². The van der Waals surface area contributed by atoms with Gasteiger partial charge in [-0.15, -0.1) is 24.0 Å². The number of halogens is 1. The average molecular weight is 245 g/mol. The third-order valence-electron chi connectivity index (χ3n) is 1.80. The zero-order valence-electron chi connectivity index (χ0n) is 6.82. The first-order valence-electron chi connectivity index (χ1n) is 3.73. The molecule has 0 atom stereocenters. The fourth-order valence-electron chi connectivity index (χ4n) is 1.16. The van der Waals surface area contributed by atoms with Gasteiger partial charge >= 0.3 is 5.97 Å². The molecule has 0 aliphatic heterocycles. The van der Waals surface area contributed by atoms with Crippen LogP contribution in [-0.4, -0.2) is 11.1 Å². The third kappa shape index (κ3) is 1.61. The van der Waals surface area contributed by atoms with E-state index >= 15 is 0 Å². The van der Waals surface area contributed by atoms with E-state index in [0.717, 1.165) is 10.1 Å². The van der Waals surface area contributed by atoms with Crippen LogP contribution < -0.4 is 0 Å². The van der Waals surface area contributed by atoms with Crippen LogP contribution in [-0.2, 0) is 0 Å². The lowest BCUT2D eigenvalue weighted by molar-refractivity contribution is 0.0702. The second kappa shape index (κ2) is 3.46. The van der Waals surface area contributed by atoms with Crippen molar-refractivity contribution in [1.82, 2.24) is 0 Å². The fraction of sp³-hybridized carbons (Fsp3) is 0. The van der Waals surface area contributed by atoms with Gasteiger partial charge in [0.25, 0.3) is 0 Å². The smallest absolute Gasteiger partial charge is 0.345 e. The Morgan fingerprint density at radius 2 is 2.14 bits per heavy atom. The van der Waals surface area contributed by atoms with Crippen LogP contribution in [0.15, 0.2) is 23.1 Å². The maximum atomic E-state index is 10.7. The zero-order valence-corrected chi connectivity index (χ0v) is 9.29. The molecule has 5 heteroatoms. The van der Waals surface area contributed by atoms with Gasteiger partial charge in [0.05, 0.1) is 5.02 Å². The largest absolute Gasteiger partial charge is 0.477 e. The van der Waals surface area contributed by atoms with Crippen molar-refractivity contribution in [2.24, 2.45) is 0 Å². The maximum absolute atomic E-state index is 10.7. The zero-order chi connectivity index (χ0) is 10.3. The highest BCUT2D eigenvalue weighted by Crippen LogP contribution is 2.32. The molecule has 0 radical (unpaired) electrons. The van der Waals surface area contributed by atoms with Crippen LogP contribution in [0.5, 0.6) is 0 Å². The molecule has 2 nitrogen and oxygen atoms in total. The Hall–Kier alpha value is -0.710. The molecule has 1 N–H and O–H groups in total. The molecular weight excluding hydrogens is 240 g/mol. The van der Waals surface area contributed by atoms with Crippen LogP contribution in [0.4, 0.5) is 0 Å². The van der Waals surface area contributed by atoms with E-state index < -0.39 is 5.97 Å². The van der Waals surface area contributed by atoms with Crippen molar-refractivity contribution in [3.05, 3.63) is 28.1 Å². The summed E-state index contributed by atoms with van der Waals surface area (Å²) in [6.45, 7) is 0. The van der Waals surface area contributed by atoms with Gasteiger partial charge in [-0.3, -0.25) is 0 Å². The normalized spacial score (nSPS) is 10.7. The van der Waals surface area contributed by atoms with Crippen molar-refractivity contribution in [3.63, 3.8) is 0 Å². The van der Waals surface area contributed by atoms with E-state index in [1.165, 1.54) is 11.3 Å². The summed E-state index contributed by atoms with van der Waals surface area (Å²) in [6, 6.07) is 5.12. The number of carboxylic acids is 1. The van der Waals surface area contributed by atoms with E-state index in [2.05, 4.69) is 12.6 Å². The number of rotatable bonds is 1. The van der Waals surface area contributed by atoms with Gasteiger partial charge in [-0.25, -0.2) is 4.79 Å². The highest BCUT2D eigenvalue weighted by atomic mass is 35.5. The highest BCUT2D eigenvalue weighted by Gasteiger charge is 2.09. The van der Waals surface area contributed by atoms with Gasteiger partial charge in [-0.1, -0.05) is 11.6 Å². The molecule has 1 heterocycles. The molecule has 14 heavy (non-hydrogen) atoms. The SMILES string of the molecule is O=C(O)c1cc2cc(S)c(Cl)cc2s1. The number of benzene rings is 1. The van der Waals surface area contributed by atoms with Crippen molar-refractivity contribution in [2.75, 3.05) is 0 Å². The molecule has 0 amide bonds. The Labute approximate surface area is 94.5 Å². The molecule has 0 saturated heterocycles. The number of fused-ring (bicyclic) bond motifs is 1. The van der Waals surface area contributed by atoms with Crippen LogP contribution in [0.2, 0.25) is 5.02 Å². The van der Waals surface area contributed by atoms with Crippen molar-refractivity contribution in [3.8, 4) is 0 Å². The first kappa shape index (κ1) is 9.83. The molecule has 2 aromatic rings. The van der Waals surface area contributed by atoms with Gasteiger partial charge in [-0.2, -0.15) is 0 Å². The van der Waals surface area contributed by atoms with E-state index in [9.17, 15) is 4.79 Å². The molecule has 0 bridgehead atoms. The summed E-state index contributed by atoms with van der Waals surface area (Å²) >= 11 is 11.2. The Bertz CT molecular complexity index is 480. The summed E-state index contributed by atoms with van der Waals surface area (Å²) in [6.07, 6.45) is 0. The number of hydrogen-bond donors (Lipinski definition) is 2. The molecule has 1 aromatic heterocycles. The summed E-state index contributed by atoms with van der Waals surface area (Å²) in [5, 5.41) is 10.2. The second-order valence-electron chi connectivity index (χ2n) is 2.76. The van der Waals surface area contributed by atoms with Crippen LogP contribution in [0.25, 0.3) is 10.1 Å². The third-order valence-corrected chi connectivity index (χ3v) is 3.70. The Morgan fingerprint density at radius 1 is 1.43 bits per heavy atom. The van der Waals surface area contributed by atoms with Gasteiger partial charge in [0.2, 0.25) is 0 Å². The number of carboxylic acid groups (broad SMARTS) is 1. The molecule has 0 aliphatic rings. The molecule has 0 spiro atoms. The first-order valence-corrected chi connectivity index (χ1v) is 5.37. The van der Waals surface area contributed by atoms with E-state index in [0.29, 0.717) is 14.8 Å². The average Bonchev–Trinajstić information content (AvgIpc) is 2.48. The van der Waals surface area contributed by atoms with Crippen molar-refractivity contribution in [2.45, 2.75) is 4.90 Å². The first-order chi connectivity index (χ1) is 6.58. The van der Waals surface area contributed by atoms with Gasteiger partial charge in [0.1, 0.15) is 4.88 Å². The summed E-state index contributed by atoms with van der Waals surface area (Å²) in [4.78, 5) is 11.7. The number of aromatic carboxylic acids is 1. The molecule has 72 valence electrons. The van der Waals surface area contributed by atoms with E-state index in [4.69, 9.17) is 16.7 Å². The van der Waals surface area contributed by atoms with Gasteiger partial charge in [0, 0.05) is 9.60 Å². The number of thiophene rings is 1. The molecule has 1 aromatic carbocycles. The topological polar surface area (TPSA) is 37.3 Å². The number of thiol groups is 1. The fourth-order valence-corrected chi connectivity index (χ4v) is 2.51. The lowest BCUT2D eigenvalue weighted by atomic mass is 10.2. The summed E-state index contributed by atoms with van der Waals surface area (Å²) in [5.41, 5.74) is 0. The molecule has 2 rings (SSSR count). The van der Waals surface area contributed by atoms with E-state index in [1.54, 1.807) is 18.2 Å². The Morgan fingerprint density at radius 3 is 2.79 bits per heavy atom. The van der Waals surface area contributed by atoms with Crippen LogP contribution in [0.3, 0.4) is 0 Å². The molecule has 0 saturated carbocycles. The number of hydrogen-bond acceptors (Lipinski definition) is 3. The Balaban J connectivity index is 2.72. The maximum Gasteiger partial charge on any atom is 0.345 e. The molecular formula is C9H5ClO2S2.